The third kappa shape index (κ3) is 4.09. The van der Waals surface area contributed by atoms with E-state index in [1.807, 2.05) is 6.07 Å². The van der Waals surface area contributed by atoms with Crippen LogP contribution in [0.1, 0.15) is 5.56 Å². The Morgan fingerprint density at radius 3 is 2.45 bits per heavy atom. The summed E-state index contributed by atoms with van der Waals surface area (Å²) in [7, 11) is 0. The minimum Gasteiger partial charge on any atom is -0.444 e. The van der Waals surface area contributed by atoms with Gasteiger partial charge in [-0.2, -0.15) is 0 Å². The zero-order chi connectivity index (χ0) is 16.1. The van der Waals surface area contributed by atoms with Gasteiger partial charge in [-0.1, -0.05) is 53.5 Å². The third-order valence-corrected chi connectivity index (χ3v) is 3.41. The number of ether oxygens (including phenoxy) is 1. The standard InChI is InChI=1S/C14H10Cl2N2O4/c15-10-6-12(13(18(20)21)7-11(10)16)17-14(19)22-8-9-4-2-1-3-5-9/h1-7H,8H2,(H,17,19). The smallest absolute Gasteiger partial charge is 0.412 e. The number of nitrogens with zero attached hydrogens (tertiary/aromatic N) is 1. The molecule has 0 spiro atoms. The molecule has 0 aliphatic carbocycles. The van der Waals surface area contributed by atoms with E-state index in [4.69, 9.17) is 27.9 Å². The van der Waals surface area contributed by atoms with E-state index in [2.05, 4.69) is 5.32 Å². The molecule has 0 bridgehead atoms. The van der Waals surface area contributed by atoms with E-state index in [0.717, 1.165) is 11.6 Å². The number of halogens is 2. The summed E-state index contributed by atoms with van der Waals surface area (Å²) >= 11 is 11.5. The SMILES string of the molecule is O=C(Nc1cc(Cl)c(Cl)cc1[N+](=O)[O-])OCc1ccccc1. The second-order valence-corrected chi connectivity index (χ2v) is 5.04. The highest BCUT2D eigenvalue weighted by Gasteiger charge is 2.19. The number of nitro groups is 1. The van der Waals surface area contributed by atoms with Gasteiger partial charge in [0.05, 0.1) is 15.0 Å². The summed E-state index contributed by atoms with van der Waals surface area (Å²) in [5.74, 6) is 0. The molecule has 0 aromatic heterocycles. The van der Waals surface area contributed by atoms with Crippen molar-refractivity contribution in [2.24, 2.45) is 0 Å². The lowest BCUT2D eigenvalue weighted by Gasteiger charge is -2.08. The molecular formula is C14H10Cl2N2O4. The summed E-state index contributed by atoms with van der Waals surface area (Å²) in [5.41, 5.74) is 0.338. The molecule has 1 N–H and O–H groups in total. The van der Waals surface area contributed by atoms with Crippen molar-refractivity contribution in [3.8, 4) is 0 Å². The van der Waals surface area contributed by atoms with Crippen molar-refractivity contribution < 1.29 is 14.5 Å². The molecule has 1 amide bonds. The van der Waals surface area contributed by atoms with Gasteiger partial charge in [-0.3, -0.25) is 15.4 Å². The van der Waals surface area contributed by atoms with E-state index in [0.29, 0.717) is 0 Å². The lowest BCUT2D eigenvalue weighted by atomic mass is 10.2. The Morgan fingerprint density at radius 2 is 1.82 bits per heavy atom. The van der Waals surface area contributed by atoms with Crippen LogP contribution in [-0.2, 0) is 11.3 Å². The van der Waals surface area contributed by atoms with Gasteiger partial charge in [0.15, 0.2) is 0 Å². The van der Waals surface area contributed by atoms with Crippen LogP contribution in [0.4, 0.5) is 16.2 Å². The predicted molar refractivity (Wildman–Crippen MR) is 83.4 cm³/mol. The molecule has 0 aliphatic rings. The number of rotatable bonds is 4. The Labute approximate surface area is 135 Å². The van der Waals surface area contributed by atoms with Gasteiger partial charge < -0.3 is 4.74 Å². The first-order valence-electron chi connectivity index (χ1n) is 6.08. The second kappa shape index (κ2) is 7.11. The van der Waals surface area contributed by atoms with Crippen LogP contribution in [0.3, 0.4) is 0 Å². The van der Waals surface area contributed by atoms with Gasteiger partial charge in [0.25, 0.3) is 5.69 Å². The summed E-state index contributed by atoms with van der Waals surface area (Å²) in [6.07, 6.45) is -0.828. The van der Waals surface area contributed by atoms with Gasteiger partial charge in [0.1, 0.15) is 12.3 Å². The first kappa shape index (κ1) is 16.1. The summed E-state index contributed by atoms with van der Waals surface area (Å²) in [5, 5.41) is 13.4. The molecule has 2 aromatic rings. The maximum atomic E-state index is 11.7. The number of hydrogen-bond donors (Lipinski definition) is 1. The molecule has 2 aromatic carbocycles. The van der Waals surface area contributed by atoms with Crippen LogP contribution in [0.15, 0.2) is 42.5 Å². The highest BCUT2D eigenvalue weighted by molar-refractivity contribution is 6.42. The molecule has 0 unspecified atom stereocenters. The Hall–Kier alpha value is -2.31. The number of nitrogens with one attached hydrogen (secondary N) is 1. The van der Waals surface area contributed by atoms with Crippen molar-refractivity contribution >= 4 is 40.7 Å². The lowest BCUT2D eigenvalue weighted by molar-refractivity contribution is -0.383. The first-order chi connectivity index (χ1) is 10.5. The fraction of sp³-hybridized carbons (Fsp3) is 0.0714. The van der Waals surface area contributed by atoms with E-state index in [-0.39, 0.29) is 28.0 Å². The quantitative estimate of drug-likeness (QED) is 0.648. The Balaban J connectivity index is 2.08. The number of benzene rings is 2. The van der Waals surface area contributed by atoms with Crippen LogP contribution in [0.25, 0.3) is 0 Å². The number of nitro benzene ring substituents is 1. The van der Waals surface area contributed by atoms with Crippen molar-refractivity contribution in [3.05, 3.63) is 68.2 Å². The second-order valence-electron chi connectivity index (χ2n) is 4.23. The van der Waals surface area contributed by atoms with Gasteiger partial charge in [0.2, 0.25) is 0 Å². The Kier molecular flexibility index (Phi) is 5.19. The largest absolute Gasteiger partial charge is 0.444 e. The average molecular weight is 341 g/mol. The molecule has 8 heteroatoms. The van der Waals surface area contributed by atoms with Crippen molar-refractivity contribution in [3.63, 3.8) is 0 Å². The van der Waals surface area contributed by atoms with Gasteiger partial charge in [-0.25, -0.2) is 4.79 Å². The maximum Gasteiger partial charge on any atom is 0.412 e. The van der Waals surface area contributed by atoms with Gasteiger partial charge >= 0.3 is 6.09 Å². The van der Waals surface area contributed by atoms with Crippen LogP contribution < -0.4 is 5.32 Å². The minimum atomic E-state index is -0.828. The Bertz CT molecular complexity index is 707. The molecular weight excluding hydrogens is 331 g/mol. The molecule has 2 rings (SSSR count). The maximum absolute atomic E-state index is 11.7. The van der Waals surface area contributed by atoms with E-state index in [1.54, 1.807) is 24.3 Å². The van der Waals surface area contributed by atoms with Crippen molar-refractivity contribution in [2.45, 2.75) is 6.61 Å². The van der Waals surface area contributed by atoms with Crippen LogP contribution in [-0.4, -0.2) is 11.0 Å². The highest BCUT2D eigenvalue weighted by Crippen LogP contribution is 2.34. The Morgan fingerprint density at radius 1 is 1.18 bits per heavy atom. The van der Waals surface area contributed by atoms with Crippen LogP contribution in [0, 0.1) is 10.1 Å². The summed E-state index contributed by atoms with van der Waals surface area (Å²) < 4.78 is 4.99. The number of hydrogen-bond acceptors (Lipinski definition) is 4. The molecule has 0 saturated heterocycles. The number of amides is 1. The first-order valence-corrected chi connectivity index (χ1v) is 6.84. The normalized spacial score (nSPS) is 10.1. The molecule has 6 nitrogen and oxygen atoms in total. The van der Waals surface area contributed by atoms with E-state index in [9.17, 15) is 14.9 Å². The van der Waals surface area contributed by atoms with Gasteiger partial charge in [-0.15, -0.1) is 0 Å². The highest BCUT2D eigenvalue weighted by atomic mass is 35.5. The molecule has 0 heterocycles. The predicted octanol–water partition coefficient (Wildman–Crippen LogP) is 4.65. The van der Waals surface area contributed by atoms with Crippen molar-refractivity contribution in [1.82, 2.24) is 0 Å². The summed E-state index contributed by atoms with van der Waals surface area (Å²) in [6.45, 7) is 0.0434. The molecule has 0 aliphatic heterocycles. The zero-order valence-electron chi connectivity index (χ0n) is 11.1. The van der Waals surface area contributed by atoms with E-state index in [1.165, 1.54) is 6.07 Å². The van der Waals surface area contributed by atoms with Gasteiger partial charge in [0, 0.05) is 6.07 Å². The van der Waals surface area contributed by atoms with E-state index < -0.39 is 11.0 Å². The molecule has 0 fully saturated rings. The monoisotopic (exact) mass is 340 g/mol. The molecule has 22 heavy (non-hydrogen) atoms. The molecule has 0 saturated carbocycles. The van der Waals surface area contributed by atoms with Crippen LogP contribution >= 0.6 is 23.2 Å². The van der Waals surface area contributed by atoms with E-state index >= 15 is 0 Å². The number of carbonyl (C=O) groups excluding carboxylic acids is 1. The number of carbonyl (C=O) groups is 1. The minimum absolute atomic E-state index is 0.0246. The zero-order valence-corrected chi connectivity index (χ0v) is 12.6. The fourth-order valence-electron chi connectivity index (χ4n) is 1.66. The molecule has 0 atom stereocenters. The summed E-state index contributed by atoms with van der Waals surface area (Å²) in [4.78, 5) is 22.0. The average Bonchev–Trinajstić information content (AvgIpc) is 2.49. The molecule has 0 radical (unpaired) electrons. The number of anilines is 1. The summed E-state index contributed by atoms with van der Waals surface area (Å²) in [6, 6.07) is 11.3. The fourth-order valence-corrected chi connectivity index (χ4v) is 1.98. The topological polar surface area (TPSA) is 81.5 Å². The van der Waals surface area contributed by atoms with Crippen LogP contribution in [0.5, 0.6) is 0 Å². The van der Waals surface area contributed by atoms with Crippen molar-refractivity contribution in [2.75, 3.05) is 5.32 Å². The molecule has 114 valence electrons. The van der Waals surface area contributed by atoms with Crippen LogP contribution in [0.2, 0.25) is 10.0 Å². The lowest BCUT2D eigenvalue weighted by Crippen LogP contribution is -2.14. The van der Waals surface area contributed by atoms with Gasteiger partial charge in [-0.05, 0) is 11.6 Å². The third-order valence-electron chi connectivity index (χ3n) is 2.68. The van der Waals surface area contributed by atoms with Crippen molar-refractivity contribution in [1.29, 1.82) is 0 Å².